The van der Waals surface area contributed by atoms with Crippen LogP contribution < -0.4 is 14.9 Å². The SMILES string of the molecule is CCN(CCn1cccn1)C(=O)c1cc(=O)c2c(OC)c3ccoc3c(OC)c2o1. The van der Waals surface area contributed by atoms with Gasteiger partial charge in [-0.2, -0.15) is 5.10 Å². The molecule has 9 heteroatoms. The van der Waals surface area contributed by atoms with E-state index in [-0.39, 0.29) is 22.5 Å². The number of likely N-dealkylation sites (N-methyl/N-ethyl adjacent to an activating group) is 1. The highest BCUT2D eigenvalue weighted by atomic mass is 16.5. The first-order chi connectivity index (χ1) is 14.6. The summed E-state index contributed by atoms with van der Waals surface area (Å²) < 4.78 is 24.0. The van der Waals surface area contributed by atoms with Crippen LogP contribution in [-0.2, 0) is 6.54 Å². The molecule has 3 heterocycles. The zero-order valence-corrected chi connectivity index (χ0v) is 16.9. The van der Waals surface area contributed by atoms with E-state index in [0.29, 0.717) is 36.4 Å². The third-order valence-electron chi connectivity index (χ3n) is 4.94. The van der Waals surface area contributed by atoms with Crippen molar-refractivity contribution < 1.29 is 23.1 Å². The second kappa shape index (κ2) is 7.94. The Morgan fingerprint density at radius 2 is 2.03 bits per heavy atom. The summed E-state index contributed by atoms with van der Waals surface area (Å²) in [6, 6.07) is 4.69. The van der Waals surface area contributed by atoms with Crippen LogP contribution in [0.15, 0.2) is 50.5 Å². The van der Waals surface area contributed by atoms with Crippen LogP contribution in [0.5, 0.6) is 11.5 Å². The highest BCUT2D eigenvalue weighted by Gasteiger charge is 2.25. The number of fused-ring (bicyclic) bond motifs is 2. The number of amides is 1. The lowest BCUT2D eigenvalue weighted by atomic mass is 10.1. The van der Waals surface area contributed by atoms with Gasteiger partial charge in [-0.25, -0.2) is 0 Å². The average molecular weight is 411 g/mol. The maximum absolute atomic E-state index is 13.1. The zero-order valence-electron chi connectivity index (χ0n) is 16.9. The van der Waals surface area contributed by atoms with Crippen molar-refractivity contribution in [1.82, 2.24) is 14.7 Å². The van der Waals surface area contributed by atoms with Crippen LogP contribution >= 0.6 is 0 Å². The van der Waals surface area contributed by atoms with Gasteiger partial charge in [-0.05, 0) is 19.1 Å². The molecule has 0 aliphatic rings. The van der Waals surface area contributed by atoms with Crippen molar-refractivity contribution in [3.63, 3.8) is 0 Å². The Morgan fingerprint density at radius 1 is 1.23 bits per heavy atom. The minimum Gasteiger partial charge on any atom is -0.495 e. The van der Waals surface area contributed by atoms with E-state index in [1.54, 1.807) is 21.8 Å². The highest BCUT2D eigenvalue weighted by Crippen LogP contribution is 2.42. The van der Waals surface area contributed by atoms with Crippen molar-refractivity contribution >= 4 is 27.8 Å². The summed E-state index contributed by atoms with van der Waals surface area (Å²) >= 11 is 0. The Bertz CT molecular complexity index is 1260. The lowest BCUT2D eigenvalue weighted by Crippen LogP contribution is -2.34. The molecular weight excluding hydrogens is 390 g/mol. The molecule has 9 nitrogen and oxygen atoms in total. The smallest absolute Gasteiger partial charge is 0.289 e. The molecule has 0 aliphatic carbocycles. The number of ether oxygens (including phenoxy) is 2. The molecule has 0 saturated carbocycles. The van der Waals surface area contributed by atoms with Crippen molar-refractivity contribution in [2.24, 2.45) is 0 Å². The number of aromatic nitrogens is 2. The topological polar surface area (TPSA) is 99.9 Å². The third-order valence-corrected chi connectivity index (χ3v) is 4.94. The molecule has 4 rings (SSSR count). The van der Waals surface area contributed by atoms with Gasteiger partial charge >= 0.3 is 0 Å². The molecule has 1 amide bonds. The number of hydrogen-bond donors (Lipinski definition) is 0. The average Bonchev–Trinajstić information content (AvgIpc) is 3.44. The first kappa shape index (κ1) is 19.6. The Morgan fingerprint density at radius 3 is 2.70 bits per heavy atom. The molecule has 0 fully saturated rings. The maximum Gasteiger partial charge on any atom is 0.289 e. The van der Waals surface area contributed by atoms with E-state index >= 15 is 0 Å². The summed E-state index contributed by atoms with van der Waals surface area (Å²) in [7, 11) is 2.90. The number of methoxy groups -OCH3 is 2. The van der Waals surface area contributed by atoms with Crippen LogP contribution in [0.3, 0.4) is 0 Å². The molecule has 1 aromatic carbocycles. The number of carbonyl (C=O) groups excluding carboxylic acids is 1. The largest absolute Gasteiger partial charge is 0.495 e. The van der Waals surface area contributed by atoms with E-state index in [9.17, 15) is 9.59 Å². The fourth-order valence-electron chi connectivity index (χ4n) is 3.49. The molecular formula is C21H21N3O6. The van der Waals surface area contributed by atoms with Crippen molar-refractivity contribution in [2.75, 3.05) is 27.3 Å². The molecule has 0 bridgehead atoms. The van der Waals surface area contributed by atoms with Crippen LogP contribution in [0.25, 0.3) is 21.9 Å². The standard InChI is InChI=1S/C21H21N3O6/c1-4-23(9-10-24-8-5-7-22-24)21(26)15-12-14(25)16-17(27-2)13-6-11-29-18(13)20(28-3)19(16)30-15/h5-8,11-12H,4,9-10H2,1-3H3. The summed E-state index contributed by atoms with van der Waals surface area (Å²) in [4.78, 5) is 27.6. The molecule has 0 radical (unpaired) electrons. The Hall–Kier alpha value is -3.75. The van der Waals surface area contributed by atoms with Crippen molar-refractivity contribution in [3.8, 4) is 11.5 Å². The van der Waals surface area contributed by atoms with Crippen molar-refractivity contribution in [2.45, 2.75) is 13.5 Å². The second-order valence-corrected chi connectivity index (χ2v) is 6.56. The zero-order chi connectivity index (χ0) is 21.3. The molecule has 30 heavy (non-hydrogen) atoms. The van der Waals surface area contributed by atoms with Gasteiger partial charge in [0.2, 0.25) is 5.75 Å². The van der Waals surface area contributed by atoms with Gasteiger partial charge in [0.1, 0.15) is 11.1 Å². The lowest BCUT2D eigenvalue weighted by molar-refractivity contribution is 0.0725. The van der Waals surface area contributed by atoms with Crippen LogP contribution in [-0.4, -0.2) is 47.9 Å². The fraction of sp³-hybridized carbons (Fsp3) is 0.286. The van der Waals surface area contributed by atoms with Gasteiger partial charge in [-0.1, -0.05) is 0 Å². The second-order valence-electron chi connectivity index (χ2n) is 6.56. The number of rotatable bonds is 7. The first-order valence-corrected chi connectivity index (χ1v) is 9.44. The van der Waals surface area contributed by atoms with Gasteiger partial charge in [0, 0.05) is 31.5 Å². The van der Waals surface area contributed by atoms with E-state index in [1.807, 2.05) is 19.2 Å². The number of furan rings is 1. The van der Waals surface area contributed by atoms with E-state index in [1.165, 1.54) is 26.5 Å². The third kappa shape index (κ3) is 3.18. The van der Waals surface area contributed by atoms with Gasteiger partial charge in [-0.3, -0.25) is 14.3 Å². The van der Waals surface area contributed by atoms with Gasteiger partial charge in [0.05, 0.1) is 32.4 Å². The molecule has 0 N–H and O–H groups in total. The Kier molecular flexibility index (Phi) is 5.18. The van der Waals surface area contributed by atoms with Gasteiger partial charge < -0.3 is 23.2 Å². The predicted molar refractivity (Wildman–Crippen MR) is 109 cm³/mol. The molecule has 4 aromatic rings. The van der Waals surface area contributed by atoms with Crippen LogP contribution in [0.4, 0.5) is 0 Å². The summed E-state index contributed by atoms with van der Waals surface area (Å²) in [6.07, 6.45) is 4.97. The quantitative estimate of drug-likeness (QED) is 0.461. The minimum atomic E-state index is -0.402. The molecule has 3 aromatic heterocycles. The highest BCUT2D eigenvalue weighted by molar-refractivity contribution is 6.07. The first-order valence-electron chi connectivity index (χ1n) is 9.44. The fourth-order valence-corrected chi connectivity index (χ4v) is 3.49. The minimum absolute atomic E-state index is 0.0823. The number of carbonyl (C=O) groups is 1. The molecule has 0 saturated heterocycles. The molecule has 0 spiro atoms. The van der Waals surface area contributed by atoms with Gasteiger partial charge in [0.15, 0.2) is 22.4 Å². The maximum atomic E-state index is 13.1. The Balaban J connectivity index is 1.80. The van der Waals surface area contributed by atoms with Crippen molar-refractivity contribution in [3.05, 3.63) is 52.8 Å². The molecule has 156 valence electrons. The number of benzene rings is 1. The monoisotopic (exact) mass is 411 g/mol. The lowest BCUT2D eigenvalue weighted by Gasteiger charge is -2.20. The van der Waals surface area contributed by atoms with E-state index in [2.05, 4.69) is 5.10 Å². The van der Waals surface area contributed by atoms with Crippen LogP contribution in [0.1, 0.15) is 17.5 Å². The molecule has 0 atom stereocenters. The number of nitrogens with zero attached hydrogens (tertiary/aromatic N) is 3. The summed E-state index contributed by atoms with van der Waals surface area (Å²) in [5, 5.41) is 4.92. The van der Waals surface area contributed by atoms with E-state index in [4.69, 9.17) is 18.3 Å². The van der Waals surface area contributed by atoms with Gasteiger partial charge in [0.25, 0.3) is 5.91 Å². The number of hydrogen-bond acceptors (Lipinski definition) is 7. The van der Waals surface area contributed by atoms with Crippen molar-refractivity contribution in [1.29, 1.82) is 0 Å². The summed E-state index contributed by atoms with van der Waals surface area (Å²) in [5.74, 6) is 0.0655. The van der Waals surface area contributed by atoms with E-state index in [0.717, 1.165) is 0 Å². The summed E-state index contributed by atoms with van der Waals surface area (Å²) in [6.45, 7) is 3.24. The van der Waals surface area contributed by atoms with Gasteiger partial charge in [-0.15, -0.1) is 0 Å². The summed E-state index contributed by atoms with van der Waals surface area (Å²) in [5.41, 5.74) is 0.0809. The predicted octanol–water partition coefficient (Wildman–Crippen LogP) is 2.92. The van der Waals surface area contributed by atoms with Crippen LogP contribution in [0.2, 0.25) is 0 Å². The Labute approximate surface area is 171 Å². The van der Waals surface area contributed by atoms with E-state index < -0.39 is 11.3 Å². The molecule has 0 unspecified atom stereocenters. The van der Waals surface area contributed by atoms with Crippen LogP contribution in [0, 0.1) is 0 Å². The normalized spacial score (nSPS) is 11.2. The molecule has 0 aliphatic heterocycles.